The molecule has 0 bridgehead atoms. The Bertz CT molecular complexity index is 490. The first-order valence-electron chi connectivity index (χ1n) is 7.18. The van der Waals surface area contributed by atoms with Crippen LogP contribution in [0.1, 0.15) is 13.8 Å². The van der Waals surface area contributed by atoms with E-state index in [-0.39, 0.29) is 31.2 Å². The predicted octanol–water partition coefficient (Wildman–Crippen LogP) is 3.00. The molecular formula is C15H21BrClF2NO3. The van der Waals surface area contributed by atoms with Gasteiger partial charge in [-0.25, -0.2) is 8.78 Å². The topological polar surface area (TPSA) is 41.9 Å². The molecule has 8 heteroatoms. The highest BCUT2D eigenvalue weighted by Gasteiger charge is 2.24. The molecule has 1 fully saturated rings. The van der Waals surface area contributed by atoms with Crippen LogP contribution in [0.2, 0.25) is 0 Å². The highest BCUT2D eigenvalue weighted by Crippen LogP contribution is 2.26. The smallest absolute Gasteiger partial charge is 0.190 e. The number of hydrogen-bond acceptors (Lipinski definition) is 4. The van der Waals surface area contributed by atoms with Gasteiger partial charge in [0, 0.05) is 24.1 Å². The molecule has 4 nitrogen and oxygen atoms in total. The third kappa shape index (κ3) is 6.15. The van der Waals surface area contributed by atoms with Gasteiger partial charge in [-0.2, -0.15) is 0 Å². The van der Waals surface area contributed by atoms with Crippen LogP contribution in [-0.4, -0.2) is 54.6 Å². The fourth-order valence-corrected chi connectivity index (χ4v) is 3.03. The molecule has 1 N–H and O–H groups in total. The zero-order valence-electron chi connectivity index (χ0n) is 13.0. The van der Waals surface area contributed by atoms with Crippen LogP contribution in [0, 0.1) is 11.6 Å². The van der Waals surface area contributed by atoms with Crippen LogP contribution in [0.3, 0.4) is 0 Å². The second-order valence-corrected chi connectivity index (χ2v) is 6.55. The summed E-state index contributed by atoms with van der Waals surface area (Å²) in [6.45, 7) is 5.56. The number of β-amino-alcohol motifs (C(OH)–C–C–N with tert-alkyl or cyclic N) is 1. The highest BCUT2D eigenvalue weighted by atomic mass is 79.9. The second kappa shape index (κ2) is 9.13. The fraction of sp³-hybridized carbons (Fsp3) is 0.600. The van der Waals surface area contributed by atoms with Gasteiger partial charge in [-0.1, -0.05) is 15.9 Å². The van der Waals surface area contributed by atoms with Crippen molar-refractivity contribution in [3.8, 4) is 5.75 Å². The van der Waals surface area contributed by atoms with E-state index in [1.807, 2.05) is 13.8 Å². The largest absolute Gasteiger partial charge is 0.485 e. The summed E-state index contributed by atoms with van der Waals surface area (Å²) in [5, 5.41) is 10.0. The van der Waals surface area contributed by atoms with Crippen molar-refractivity contribution in [1.29, 1.82) is 0 Å². The van der Waals surface area contributed by atoms with E-state index >= 15 is 0 Å². The van der Waals surface area contributed by atoms with Crippen molar-refractivity contribution in [1.82, 2.24) is 4.90 Å². The molecule has 1 aromatic carbocycles. The first-order valence-corrected chi connectivity index (χ1v) is 7.97. The predicted molar refractivity (Wildman–Crippen MR) is 89.3 cm³/mol. The van der Waals surface area contributed by atoms with E-state index in [4.69, 9.17) is 9.47 Å². The summed E-state index contributed by atoms with van der Waals surface area (Å²) >= 11 is 3.00. The van der Waals surface area contributed by atoms with E-state index in [1.165, 1.54) is 0 Å². The summed E-state index contributed by atoms with van der Waals surface area (Å²) in [6.07, 6.45) is -0.642. The summed E-state index contributed by atoms with van der Waals surface area (Å²) in [4.78, 5) is 2.06. The van der Waals surface area contributed by atoms with Crippen LogP contribution < -0.4 is 4.74 Å². The molecule has 3 unspecified atom stereocenters. The van der Waals surface area contributed by atoms with Gasteiger partial charge in [0.05, 0.1) is 12.2 Å². The van der Waals surface area contributed by atoms with Gasteiger partial charge in [-0.05, 0) is 26.0 Å². The first kappa shape index (κ1) is 20.6. The second-order valence-electron chi connectivity index (χ2n) is 5.64. The van der Waals surface area contributed by atoms with Crippen LogP contribution in [0.25, 0.3) is 0 Å². The average Bonchev–Trinajstić information content (AvgIpc) is 2.35. The van der Waals surface area contributed by atoms with Crippen molar-refractivity contribution < 1.29 is 23.4 Å². The van der Waals surface area contributed by atoms with Gasteiger partial charge in [-0.15, -0.1) is 12.4 Å². The Morgan fingerprint density at radius 3 is 2.35 bits per heavy atom. The Labute approximate surface area is 149 Å². The van der Waals surface area contributed by atoms with Gasteiger partial charge in [0.25, 0.3) is 0 Å². The van der Waals surface area contributed by atoms with Gasteiger partial charge in [0.15, 0.2) is 17.4 Å². The number of morpholine rings is 1. The van der Waals surface area contributed by atoms with Crippen LogP contribution in [-0.2, 0) is 4.74 Å². The Kier molecular flexibility index (Phi) is 8.17. The zero-order chi connectivity index (χ0) is 16.3. The number of hydrogen-bond donors (Lipinski definition) is 1. The maximum atomic E-state index is 13.6. The number of aliphatic hydroxyl groups excluding tert-OH is 1. The Hall–Kier alpha value is -0.470. The molecule has 1 aromatic rings. The molecule has 0 amide bonds. The lowest BCUT2D eigenvalue weighted by Gasteiger charge is -2.36. The van der Waals surface area contributed by atoms with Gasteiger partial charge >= 0.3 is 0 Å². The van der Waals surface area contributed by atoms with Crippen molar-refractivity contribution in [2.75, 3.05) is 26.2 Å². The summed E-state index contributed by atoms with van der Waals surface area (Å²) in [6, 6.07) is 2.24. The van der Waals surface area contributed by atoms with Crippen molar-refractivity contribution >= 4 is 28.3 Å². The number of halogens is 4. The van der Waals surface area contributed by atoms with Gasteiger partial charge in [-0.3, -0.25) is 4.90 Å². The van der Waals surface area contributed by atoms with Crippen LogP contribution in [0.4, 0.5) is 8.78 Å². The molecule has 1 saturated heterocycles. The summed E-state index contributed by atoms with van der Waals surface area (Å²) in [5.74, 6) is -2.06. The maximum absolute atomic E-state index is 13.6. The number of aliphatic hydroxyl groups is 1. The van der Waals surface area contributed by atoms with Crippen LogP contribution in [0.15, 0.2) is 16.6 Å². The molecule has 0 saturated carbocycles. The lowest BCUT2D eigenvalue weighted by atomic mass is 10.2. The molecule has 1 aliphatic rings. The van der Waals surface area contributed by atoms with Gasteiger partial charge in [0.2, 0.25) is 0 Å². The standard InChI is InChI=1S/C15H20BrF2NO3.ClH/c1-9-5-19(6-10(2)22-9)7-12(20)8-21-15-13(17)3-11(16)4-14(15)18;/h3-4,9-10,12,20H,5-8H2,1-2H3;1H. The number of rotatable bonds is 5. The number of nitrogens with zero attached hydrogens (tertiary/aromatic N) is 1. The summed E-state index contributed by atoms with van der Waals surface area (Å²) < 4.78 is 38.2. The molecule has 3 atom stereocenters. The Morgan fingerprint density at radius 2 is 1.83 bits per heavy atom. The maximum Gasteiger partial charge on any atom is 0.190 e. The third-order valence-corrected chi connectivity index (χ3v) is 3.81. The number of benzene rings is 1. The van der Waals surface area contributed by atoms with Crippen molar-refractivity contribution in [2.45, 2.75) is 32.2 Å². The van der Waals surface area contributed by atoms with E-state index in [9.17, 15) is 13.9 Å². The fourth-order valence-electron chi connectivity index (χ4n) is 2.63. The van der Waals surface area contributed by atoms with Gasteiger partial charge in [0.1, 0.15) is 12.7 Å². The molecule has 0 spiro atoms. The Balaban J connectivity index is 0.00000264. The number of ether oxygens (including phenoxy) is 2. The minimum absolute atomic E-state index is 0. The zero-order valence-corrected chi connectivity index (χ0v) is 15.4. The molecule has 1 aliphatic heterocycles. The minimum Gasteiger partial charge on any atom is -0.485 e. The molecule has 23 heavy (non-hydrogen) atoms. The van der Waals surface area contributed by atoms with Gasteiger partial charge < -0.3 is 14.6 Å². The SMILES string of the molecule is CC1CN(CC(O)COc2c(F)cc(Br)cc2F)CC(C)O1.Cl. The third-order valence-electron chi connectivity index (χ3n) is 3.35. The lowest BCUT2D eigenvalue weighted by molar-refractivity contribution is -0.0787. The quantitative estimate of drug-likeness (QED) is 0.801. The Morgan fingerprint density at radius 1 is 1.30 bits per heavy atom. The summed E-state index contributed by atoms with van der Waals surface area (Å²) in [5.41, 5.74) is 0. The molecule has 2 rings (SSSR count). The molecule has 132 valence electrons. The monoisotopic (exact) mass is 415 g/mol. The van der Waals surface area contributed by atoms with E-state index in [0.29, 0.717) is 24.1 Å². The lowest BCUT2D eigenvalue weighted by Crippen LogP contribution is -2.48. The highest BCUT2D eigenvalue weighted by molar-refractivity contribution is 9.10. The molecule has 1 heterocycles. The average molecular weight is 417 g/mol. The van der Waals surface area contributed by atoms with Crippen molar-refractivity contribution in [3.05, 3.63) is 28.2 Å². The first-order chi connectivity index (χ1) is 10.3. The molecular weight excluding hydrogens is 396 g/mol. The van der Waals surface area contributed by atoms with Crippen molar-refractivity contribution in [3.63, 3.8) is 0 Å². The van der Waals surface area contributed by atoms with E-state index < -0.39 is 23.5 Å². The normalized spacial score (nSPS) is 23.2. The van der Waals surface area contributed by atoms with Crippen molar-refractivity contribution in [2.24, 2.45) is 0 Å². The van der Waals surface area contributed by atoms with Crippen LogP contribution in [0.5, 0.6) is 5.75 Å². The summed E-state index contributed by atoms with van der Waals surface area (Å²) in [7, 11) is 0. The van der Waals surface area contributed by atoms with E-state index in [1.54, 1.807) is 0 Å². The molecule has 0 radical (unpaired) electrons. The van der Waals surface area contributed by atoms with E-state index in [0.717, 1.165) is 12.1 Å². The van der Waals surface area contributed by atoms with E-state index in [2.05, 4.69) is 20.8 Å². The minimum atomic E-state index is -0.833. The molecule has 0 aromatic heterocycles. The van der Waals surface area contributed by atoms with Crippen LogP contribution >= 0.6 is 28.3 Å². The molecule has 0 aliphatic carbocycles.